The molecule has 0 atom stereocenters. The average Bonchev–Trinajstić information content (AvgIpc) is 2.55. The Kier molecular flexibility index (Phi) is 4.21. The van der Waals surface area contributed by atoms with Crippen LogP contribution in [0.2, 0.25) is 0 Å². The summed E-state index contributed by atoms with van der Waals surface area (Å²) in [5, 5.41) is 9.11. The maximum Gasteiger partial charge on any atom is 0.127 e. The van der Waals surface area contributed by atoms with Crippen molar-refractivity contribution in [3.05, 3.63) is 72.3 Å². The van der Waals surface area contributed by atoms with Gasteiger partial charge in [0.25, 0.3) is 0 Å². The lowest BCUT2D eigenvalue weighted by Gasteiger charge is -2.03. The summed E-state index contributed by atoms with van der Waals surface area (Å²) in [7, 11) is 0. The minimum absolute atomic E-state index is 0.190. The van der Waals surface area contributed by atoms with E-state index in [1.54, 1.807) is 24.5 Å². The first-order valence-corrected chi connectivity index (χ1v) is 7.42. The predicted octanol–water partition coefficient (Wildman–Crippen LogP) is 3.97. The van der Waals surface area contributed by atoms with Crippen molar-refractivity contribution in [3.8, 4) is 11.3 Å². The molecule has 0 spiro atoms. The molecule has 0 bridgehead atoms. The number of rotatable bonds is 4. The van der Waals surface area contributed by atoms with Gasteiger partial charge in [-0.25, -0.2) is 4.39 Å². The molecule has 0 fully saturated rings. The Morgan fingerprint density at radius 2 is 1.86 bits per heavy atom. The van der Waals surface area contributed by atoms with E-state index in [1.165, 1.54) is 17.8 Å². The van der Waals surface area contributed by atoms with Gasteiger partial charge >= 0.3 is 0 Å². The highest BCUT2D eigenvalue weighted by atomic mass is 32.2. The molecule has 0 radical (unpaired) electrons. The molecule has 0 saturated heterocycles. The van der Waals surface area contributed by atoms with Gasteiger partial charge in [-0.3, -0.25) is 4.98 Å². The summed E-state index contributed by atoms with van der Waals surface area (Å²) in [6, 6.07) is 14.3. The lowest BCUT2D eigenvalue weighted by atomic mass is 10.2. The van der Waals surface area contributed by atoms with Gasteiger partial charge < -0.3 is 0 Å². The summed E-state index contributed by atoms with van der Waals surface area (Å²) < 4.78 is 13.5. The Hall–Kier alpha value is -2.27. The molecular formula is C16H12FN3S. The third-order valence-electron chi connectivity index (χ3n) is 2.93. The summed E-state index contributed by atoms with van der Waals surface area (Å²) >= 11 is 1.46. The molecule has 2 aromatic heterocycles. The number of thioether (sulfide) groups is 1. The van der Waals surface area contributed by atoms with Gasteiger partial charge in [0.15, 0.2) is 0 Å². The second-order valence-corrected chi connectivity index (χ2v) is 5.37. The lowest BCUT2D eigenvalue weighted by molar-refractivity contribution is 0.617. The molecule has 0 N–H and O–H groups in total. The summed E-state index contributed by atoms with van der Waals surface area (Å²) in [5.74, 6) is 0.345. The van der Waals surface area contributed by atoms with Crippen LogP contribution in [0.1, 0.15) is 5.56 Å². The third kappa shape index (κ3) is 3.44. The van der Waals surface area contributed by atoms with Crippen molar-refractivity contribution in [1.29, 1.82) is 0 Å². The topological polar surface area (TPSA) is 38.7 Å². The van der Waals surface area contributed by atoms with Crippen LogP contribution in [0.15, 0.2) is 66.0 Å². The van der Waals surface area contributed by atoms with Gasteiger partial charge in [0.1, 0.15) is 10.8 Å². The van der Waals surface area contributed by atoms with Crippen LogP contribution < -0.4 is 0 Å². The Morgan fingerprint density at radius 3 is 2.57 bits per heavy atom. The van der Waals surface area contributed by atoms with Crippen molar-refractivity contribution in [3.63, 3.8) is 0 Å². The Morgan fingerprint density at radius 1 is 0.952 bits per heavy atom. The van der Waals surface area contributed by atoms with E-state index in [0.29, 0.717) is 11.3 Å². The minimum Gasteiger partial charge on any atom is -0.264 e. The largest absolute Gasteiger partial charge is 0.264 e. The molecule has 0 aliphatic carbocycles. The zero-order valence-electron chi connectivity index (χ0n) is 11.1. The van der Waals surface area contributed by atoms with Crippen molar-refractivity contribution in [2.24, 2.45) is 0 Å². The second-order valence-electron chi connectivity index (χ2n) is 4.38. The third-order valence-corrected chi connectivity index (χ3v) is 3.90. The summed E-state index contributed by atoms with van der Waals surface area (Å²) in [5.41, 5.74) is 2.37. The number of nitrogens with zero attached hydrogens (tertiary/aromatic N) is 3. The molecule has 2 heterocycles. The molecule has 1 aromatic carbocycles. The van der Waals surface area contributed by atoms with Crippen molar-refractivity contribution in [1.82, 2.24) is 15.2 Å². The summed E-state index contributed by atoms with van der Waals surface area (Å²) in [6.07, 6.45) is 3.46. The van der Waals surface area contributed by atoms with E-state index in [-0.39, 0.29) is 5.82 Å². The highest BCUT2D eigenvalue weighted by molar-refractivity contribution is 7.98. The van der Waals surface area contributed by atoms with Crippen molar-refractivity contribution in [2.45, 2.75) is 10.8 Å². The van der Waals surface area contributed by atoms with Gasteiger partial charge in [-0.05, 0) is 35.9 Å². The van der Waals surface area contributed by atoms with E-state index >= 15 is 0 Å². The Bertz CT molecular complexity index is 717. The lowest BCUT2D eigenvalue weighted by Crippen LogP contribution is -1.91. The molecular weight excluding hydrogens is 285 g/mol. The van der Waals surface area contributed by atoms with Crippen LogP contribution in [0.5, 0.6) is 0 Å². The number of pyridine rings is 1. The molecule has 0 amide bonds. The quantitative estimate of drug-likeness (QED) is 0.683. The molecule has 3 rings (SSSR count). The van der Waals surface area contributed by atoms with Crippen LogP contribution in [-0.2, 0) is 5.75 Å². The average molecular weight is 297 g/mol. The minimum atomic E-state index is -0.190. The van der Waals surface area contributed by atoms with Crippen molar-refractivity contribution >= 4 is 11.8 Å². The zero-order valence-corrected chi connectivity index (χ0v) is 11.9. The fourth-order valence-corrected chi connectivity index (χ4v) is 2.63. The molecule has 0 saturated carbocycles. The van der Waals surface area contributed by atoms with Crippen LogP contribution in [0.3, 0.4) is 0 Å². The van der Waals surface area contributed by atoms with Gasteiger partial charge in [0.2, 0.25) is 0 Å². The molecule has 5 heteroatoms. The number of hydrogen-bond donors (Lipinski definition) is 0. The monoisotopic (exact) mass is 297 g/mol. The highest BCUT2D eigenvalue weighted by Gasteiger charge is 2.04. The predicted molar refractivity (Wildman–Crippen MR) is 81.2 cm³/mol. The normalized spacial score (nSPS) is 10.5. The maximum absolute atomic E-state index is 13.5. The van der Waals surface area contributed by atoms with E-state index < -0.39 is 0 Å². The maximum atomic E-state index is 13.5. The van der Waals surface area contributed by atoms with Crippen molar-refractivity contribution < 1.29 is 4.39 Å². The van der Waals surface area contributed by atoms with Crippen molar-refractivity contribution in [2.75, 3.05) is 0 Å². The number of hydrogen-bond acceptors (Lipinski definition) is 4. The Labute approximate surface area is 126 Å². The van der Waals surface area contributed by atoms with E-state index in [4.69, 9.17) is 0 Å². The van der Waals surface area contributed by atoms with E-state index in [9.17, 15) is 4.39 Å². The number of aromatic nitrogens is 3. The first kappa shape index (κ1) is 13.7. The SMILES string of the molecule is Fc1ccccc1CSc1ccc(-c2cccnc2)nn1. The number of halogens is 1. The van der Waals surface area contributed by atoms with Crippen LogP contribution in [0.25, 0.3) is 11.3 Å². The van der Waals surface area contributed by atoms with Gasteiger partial charge in [-0.1, -0.05) is 30.0 Å². The number of benzene rings is 1. The van der Waals surface area contributed by atoms with E-state index in [1.807, 2.05) is 30.3 Å². The zero-order chi connectivity index (χ0) is 14.5. The van der Waals surface area contributed by atoms with Gasteiger partial charge in [0.05, 0.1) is 5.69 Å². The standard InChI is InChI=1S/C16H12FN3S/c17-14-6-2-1-4-13(14)11-21-16-8-7-15(19-20-16)12-5-3-9-18-10-12/h1-10H,11H2. The van der Waals surface area contributed by atoms with E-state index in [0.717, 1.165) is 16.3 Å². The first-order valence-electron chi connectivity index (χ1n) is 6.43. The molecule has 0 aliphatic rings. The van der Waals surface area contributed by atoms with Gasteiger partial charge in [-0.2, -0.15) is 0 Å². The molecule has 0 aliphatic heterocycles. The van der Waals surface area contributed by atoms with Crippen LogP contribution in [0.4, 0.5) is 4.39 Å². The van der Waals surface area contributed by atoms with E-state index in [2.05, 4.69) is 15.2 Å². The molecule has 3 nitrogen and oxygen atoms in total. The first-order chi connectivity index (χ1) is 10.3. The summed E-state index contributed by atoms with van der Waals surface area (Å²) in [6.45, 7) is 0. The highest BCUT2D eigenvalue weighted by Crippen LogP contribution is 2.23. The summed E-state index contributed by atoms with van der Waals surface area (Å²) in [4.78, 5) is 4.05. The van der Waals surface area contributed by atoms with Gasteiger partial charge in [0, 0.05) is 23.7 Å². The Balaban J connectivity index is 1.69. The smallest absolute Gasteiger partial charge is 0.127 e. The molecule has 3 aromatic rings. The fraction of sp³-hybridized carbons (Fsp3) is 0.0625. The van der Waals surface area contributed by atoms with Crippen LogP contribution in [-0.4, -0.2) is 15.2 Å². The van der Waals surface area contributed by atoms with Crippen LogP contribution >= 0.6 is 11.8 Å². The fourth-order valence-electron chi connectivity index (χ4n) is 1.83. The molecule has 21 heavy (non-hydrogen) atoms. The molecule has 104 valence electrons. The molecule has 0 unspecified atom stereocenters. The van der Waals surface area contributed by atoms with Gasteiger partial charge in [-0.15, -0.1) is 10.2 Å². The second kappa shape index (κ2) is 6.45. The van der Waals surface area contributed by atoms with Crippen LogP contribution in [0, 0.1) is 5.82 Å².